The summed E-state index contributed by atoms with van der Waals surface area (Å²) in [6, 6.07) is 0.779. The van der Waals surface area contributed by atoms with E-state index in [-0.39, 0.29) is 0 Å². The minimum absolute atomic E-state index is 0.779. The van der Waals surface area contributed by atoms with Crippen LogP contribution in [0.25, 0.3) is 0 Å². The number of likely N-dealkylation sites (tertiary alicyclic amines) is 1. The molecule has 0 aromatic heterocycles. The minimum atomic E-state index is 0.779. The van der Waals surface area contributed by atoms with E-state index >= 15 is 0 Å². The van der Waals surface area contributed by atoms with Crippen molar-refractivity contribution >= 4 is 0 Å². The SMILES string of the molecule is CCCNCC(CC)N1CCCCC1. The molecule has 1 saturated heterocycles. The third-order valence-electron chi connectivity index (χ3n) is 3.19. The highest BCUT2D eigenvalue weighted by Gasteiger charge is 2.18. The molecule has 1 fully saturated rings. The second-order valence-electron chi connectivity index (χ2n) is 4.36. The van der Waals surface area contributed by atoms with E-state index in [0.29, 0.717) is 0 Å². The van der Waals surface area contributed by atoms with Crippen LogP contribution < -0.4 is 5.32 Å². The molecule has 0 aromatic rings. The van der Waals surface area contributed by atoms with Gasteiger partial charge in [0.05, 0.1) is 0 Å². The fourth-order valence-electron chi connectivity index (χ4n) is 2.26. The summed E-state index contributed by atoms with van der Waals surface area (Å²) in [6.45, 7) is 9.55. The Labute approximate surface area is 89.1 Å². The van der Waals surface area contributed by atoms with Gasteiger partial charge < -0.3 is 5.32 Å². The van der Waals surface area contributed by atoms with Gasteiger partial charge in [0, 0.05) is 12.6 Å². The van der Waals surface area contributed by atoms with Crippen LogP contribution in [0.4, 0.5) is 0 Å². The molecule has 1 unspecified atom stereocenters. The first-order valence-electron chi connectivity index (χ1n) is 6.33. The lowest BCUT2D eigenvalue weighted by Crippen LogP contribution is -2.44. The van der Waals surface area contributed by atoms with Gasteiger partial charge in [-0.2, -0.15) is 0 Å². The largest absolute Gasteiger partial charge is 0.315 e. The predicted octanol–water partition coefficient (Wildman–Crippen LogP) is 2.25. The first-order valence-corrected chi connectivity index (χ1v) is 6.33. The standard InChI is InChI=1S/C12H26N2/c1-3-8-13-11-12(4-2)14-9-6-5-7-10-14/h12-13H,3-11H2,1-2H3. The van der Waals surface area contributed by atoms with Crippen molar-refractivity contribution in [3.8, 4) is 0 Å². The average Bonchev–Trinajstić information content (AvgIpc) is 2.26. The molecule has 14 heavy (non-hydrogen) atoms. The van der Waals surface area contributed by atoms with Crippen molar-refractivity contribution < 1.29 is 0 Å². The molecule has 1 aliphatic rings. The molecule has 1 N–H and O–H groups in total. The lowest BCUT2D eigenvalue weighted by molar-refractivity contribution is 0.156. The molecule has 0 saturated carbocycles. The van der Waals surface area contributed by atoms with E-state index < -0.39 is 0 Å². The van der Waals surface area contributed by atoms with Crippen LogP contribution in [-0.4, -0.2) is 37.1 Å². The van der Waals surface area contributed by atoms with Crippen LogP contribution >= 0.6 is 0 Å². The van der Waals surface area contributed by atoms with Crippen LogP contribution in [-0.2, 0) is 0 Å². The van der Waals surface area contributed by atoms with Crippen LogP contribution in [0.5, 0.6) is 0 Å². The quantitative estimate of drug-likeness (QED) is 0.659. The summed E-state index contributed by atoms with van der Waals surface area (Å²) in [5, 5.41) is 3.54. The monoisotopic (exact) mass is 198 g/mol. The van der Waals surface area contributed by atoms with Crippen molar-refractivity contribution in [1.29, 1.82) is 0 Å². The van der Waals surface area contributed by atoms with Gasteiger partial charge in [-0.15, -0.1) is 0 Å². The molecule has 0 radical (unpaired) electrons. The first-order chi connectivity index (χ1) is 6.88. The maximum absolute atomic E-state index is 3.54. The molecule has 2 nitrogen and oxygen atoms in total. The Kier molecular flexibility index (Phi) is 6.20. The number of hydrogen-bond donors (Lipinski definition) is 1. The Bertz CT molecular complexity index is 130. The molecule has 0 aromatic carbocycles. The minimum Gasteiger partial charge on any atom is -0.315 e. The van der Waals surface area contributed by atoms with Crippen LogP contribution in [0.15, 0.2) is 0 Å². The van der Waals surface area contributed by atoms with E-state index in [0.717, 1.165) is 6.04 Å². The Morgan fingerprint density at radius 2 is 1.86 bits per heavy atom. The molecule has 2 heteroatoms. The van der Waals surface area contributed by atoms with Crippen molar-refractivity contribution in [1.82, 2.24) is 10.2 Å². The van der Waals surface area contributed by atoms with Gasteiger partial charge in [0.1, 0.15) is 0 Å². The highest BCUT2D eigenvalue weighted by atomic mass is 15.2. The smallest absolute Gasteiger partial charge is 0.0218 e. The Hall–Kier alpha value is -0.0800. The van der Waals surface area contributed by atoms with Gasteiger partial charge in [-0.25, -0.2) is 0 Å². The third kappa shape index (κ3) is 3.97. The zero-order chi connectivity index (χ0) is 10.2. The van der Waals surface area contributed by atoms with E-state index in [1.807, 2.05) is 0 Å². The number of piperidine rings is 1. The van der Waals surface area contributed by atoms with Gasteiger partial charge in [-0.05, 0) is 45.3 Å². The second kappa shape index (κ2) is 7.24. The summed E-state index contributed by atoms with van der Waals surface area (Å²) in [5.74, 6) is 0. The van der Waals surface area contributed by atoms with Crippen molar-refractivity contribution in [2.24, 2.45) is 0 Å². The lowest BCUT2D eigenvalue weighted by Gasteiger charge is -2.34. The highest BCUT2D eigenvalue weighted by molar-refractivity contribution is 4.75. The van der Waals surface area contributed by atoms with Crippen LogP contribution in [0.1, 0.15) is 46.0 Å². The Balaban J connectivity index is 2.21. The number of hydrogen-bond acceptors (Lipinski definition) is 2. The summed E-state index contributed by atoms with van der Waals surface area (Å²) in [7, 11) is 0. The fraction of sp³-hybridized carbons (Fsp3) is 1.00. The topological polar surface area (TPSA) is 15.3 Å². The van der Waals surface area contributed by atoms with Crippen LogP contribution in [0.2, 0.25) is 0 Å². The number of nitrogens with zero attached hydrogens (tertiary/aromatic N) is 1. The van der Waals surface area contributed by atoms with Crippen LogP contribution in [0, 0.1) is 0 Å². The van der Waals surface area contributed by atoms with Crippen molar-refractivity contribution in [3.05, 3.63) is 0 Å². The number of nitrogens with one attached hydrogen (secondary N) is 1. The lowest BCUT2D eigenvalue weighted by atomic mass is 10.1. The molecule has 0 amide bonds. The Morgan fingerprint density at radius 3 is 2.43 bits per heavy atom. The molecule has 0 spiro atoms. The van der Waals surface area contributed by atoms with Gasteiger partial charge in [-0.3, -0.25) is 4.90 Å². The molecular formula is C12H26N2. The summed E-state index contributed by atoms with van der Waals surface area (Å²) in [4.78, 5) is 2.67. The third-order valence-corrected chi connectivity index (χ3v) is 3.19. The molecule has 1 rings (SSSR count). The molecule has 1 heterocycles. The molecule has 84 valence electrons. The molecule has 1 aliphatic heterocycles. The maximum Gasteiger partial charge on any atom is 0.0218 e. The fourth-order valence-corrected chi connectivity index (χ4v) is 2.26. The summed E-state index contributed by atoms with van der Waals surface area (Å²) in [6.07, 6.45) is 6.79. The van der Waals surface area contributed by atoms with Gasteiger partial charge in [0.25, 0.3) is 0 Å². The summed E-state index contributed by atoms with van der Waals surface area (Å²) < 4.78 is 0. The summed E-state index contributed by atoms with van der Waals surface area (Å²) in [5.41, 5.74) is 0. The number of rotatable bonds is 6. The first kappa shape index (κ1) is 12.0. The van der Waals surface area contributed by atoms with Crippen molar-refractivity contribution in [3.63, 3.8) is 0 Å². The van der Waals surface area contributed by atoms with E-state index in [2.05, 4.69) is 24.1 Å². The van der Waals surface area contributed by atoms with Gasteiger partial charge in [0.2, 0.25) is 0 Å². The molecule has 1 atom stereocenters. The van der Waals surface area contributed by atoms with E-state index in [1.54, 1.807) is 0 Å². The van der Waals surface area contributed by atoms with Crippen LogP contribution in [0.3, 0.4) is 0 Å². The van der Waals surface area contributed by atoms with Gasteiger partial charge in [0.15, 0.2) is 0 Å². The maximum atomic E-state index is 3.54. The normalized spacial score (nSPS) is 21.0. The Morgan fingerprint density at radius 1 is 1.14 bits per heavy atom. The average molecular weight is 198 g/mol. The van der Waals surface area contributed by atoms with Gasteiger partial charge in [-0.1, -0.05) is 20.3 Å². The van der Waals surface area contributed by atoms with Gasteiger partial charge >= 0.3 is 0 Å². The second-order valence-corrected chi connectivity index (χ2v) is 4.36. The predicted molar refractivity (Wildman–Crippen MR) is 62.7 cm³/mol. The molecular weight excluding hydrogens is 172 g/mol. The highest BCUT2D eigenvalue weighted by Crippen LogP contribution is 2.13. The zero-order valence-corrected chi connectivity index (χ0v) is 9.89. The van der Waals surface area contributed by atoms with E-state index in [9.17, 15) is 0 Å². The molecule has 0 bridgehead atoms. The van der Waals surface area contributed by atoms with E-state index in [4.69, 9.17) is 0 Å². The zero-order valence-electron chi connectivity index (χ0n) is 9.89. The van der Waals surface area contributed by atoms with Crippen molar-refractivity contribution in [2.75, 3.05) is 26.2 Å². The summed E-state index contributed by atoms with van der Waals surface area (Å²) >= 11 is 0. The van der Waals surface area contributed by atoms with E-state index in [1.165, 1.54) is 58.3 Å². The van der Waals surface area contributed by atoms with Crippen molar-refractivity contribution in [2.45, 2.75) is 52.0 Å². The molecule has 0 aliphatic carbocycles.